The molecule has 0 unspecified atom stereocenters. The zero-order chi connectivity index (χ0) is 17.8. The van der Waals surface area contributed by atoms with E-state index >= 15 is 0 Å². The van der Waals surface area contributed by atoms with Crippen LogP contribution in [0.5, 0.6) is 0 Å². The number of primary amides is 1. The van der Waals surface area contributed by atoms with Crippen molar-refractivity contribution in [2.24, 2.45) is 5.73 Å². The van der Waals surface area contributed by atoms with E-state index < -0.39 is 5.91 Å². The van der Waals surface area contributed by atoms with Gasteiger partial charge in [-0.2, -0.15) is 0 Å². The number of hydrogen-bond donors (Lipinski definition) is 3. The number of nitrogens with two attached hydrogens (primary N) is 2. The molecule has 3 rings (SSSR count). The number of carbonyl (C=O) groups is 2. The van der Waals surface area contributed by atoms with Gasteiger partial charge in [0.1, 0.15) is 5.00 Å². The molecule has 0 aromatic carbocycles. The number of nitrogens with one attached hydrogen (secondary N) is 1. The van der Waals surface area contributed by atoms with Crippen LogP contribution in [0.1, 0.15) is 54.2 Å². The van der Waals surface area contributed by atoms with E-state index in [9.17, 15) is 9.59 Å². The number of anilines is 1. The Hall–Kier alpha value is -2.07. The topological polar surface area (TPSA) is 129 Å². The van der Waals surface area contributed by atoms with Gasteiger partial charge in [0.25, 0.3) is 5.91 Å². The molecule has 1 aliphatic carbocycles. The van der Waals surface area contributed by atoms with Crippen molar-refractivity contribution >= 4 is 39.9 Å². The van der Waals surface area contributed by atoms with E-state index in [4.69, 9.17) is 11.6 Å². The number of thioether (sulfide) groups is 1. The van der Waals surface area contributed by atoms with E-state index in [-0.39, 0.29) is 11.7 Å². The SMILES string of the molecule is NC(=O)c1ccsc1NC(=O)CSc1nnc(C2CCCCC2)n1N. The molecule has 2 aromatic rings. The molecule has 1 aliphatic rings. The fourth-order valence-electron chi connectivity index (χ4n) is 2.92. The van der Waals surface area contributed by atoms with Gasteiger partial charge in [0.05, 0.1) is 11.3 Å². The van der Waals surface area contributed by atoms with Crippen LogP contribution in [0.15, 0.2) is 16.6 Å². The van der Waals surface area contributed by atoms with Crippen molar-refractivity contribution in [3.8, 4) is 0 Å². The van der Waals surface area contributed by atoms with E-state index in [0.29, 0.717) is 21.6 Å². The smallest absolute Gasteiger partial charge is 0.251 e. The lowest BCUT2D eigenvalue weighted by Gasteiger charge is -2.20. The minimum Gasteiger partial charge on any atom is -0.366 e. The maximum absolute atomic E-state index is 12.1. The molecule has 0 saturated heterocycles. The minimum atomic E-state index is -0.567. The van der Waals surface area contributed by atoms with Crippen molar-refractivity contribution < 1.29 is 9.59 Å². The first-order chi connectivity index (χ1) is 12.1. The first-order valence-electron chi connectivity index (χ1n) is 8.06. The second kappa shape index (κ2) is 7.87. The summed E-state index contributed by atoms with van der Waals surface area (Å²) in [6.07, 6.45) is 5.79. The number of hydrogen-bond acceptors (Lipinski definition) is 7. The van der Waals surface area contributed by atoms with Gasteiger partial charge in [0.15, 0.2) is 5.82 Å². The highest BCUT2D eigenvalue weighted by atomic mass is 32.2. The fraction of sp³-hybridized carbons (Fsp3) is 0.467. The molecule has 2 heterocycles. The molecule has 10 heteroatoms. The van der Waals surface area contributed by atoms with Crippen LogP contribution in [0, 0.1) is 0 Å². The average Bonchev–Trinajstić information content (AvgIpc) is 3.20. The summed E-state index contributed by atoms with van der Waals surface area (Å²) < 4.78 is 1.49. The molecule has 0 aliphatic heterocycles. The lowest BCUT2D eigenvalue weighted by Crippen LogP contribution is -2.20. The molecule has 134 valence electrons. The van der Waals surface area contributed by atoms with Crippen LogP contribution in [-0.4, -0.2) is 32.4 Å². The first-order valence-corrected chi connectivity index (χ1v) is 9.93. The number of amides is 2. The molecule has 2 amide bonds. The molecule has 2 aromatic heterocycles. The molecular weight excluding hydrogens is 360 g/mol. The third kappa shape index (κ3) is 4.13. The monoisotopic (exact) mass is 380 g/mol. The fourth-order valence-corrected chi connectivity index (χ4v) is 4.39. The Labute approximate surface area is 153 Å². The summed E-state index contributed by atoms with van der Waals surface area (Å²) in [5.74, 6) is 6.54. The first kappa shape index (κ1) is 17.7. The Balaban J connectivity index is 1.58. The second-order valence-corrected chi connectivity index (χ2v) is 7.77. The van der Waals surface area contributed by atoms with Gasteiger partial charge in [-0.15, -0.1) is 21.5 Å². The third-order valence-corrected chi connectivity index (χ3v) is 5.95. The zero-order valence-electron chi connectivity index (χ0n) is 13.6. The molecule has 0 bridgehead atoms. The predicted molar refractivity (Wildman–Crippen MR) is 98.2 cm³/mol. The Morgan fingerprint density at radius 1 is 1.32 bits per heavy atom. The van der Waals surface area contributed by atoms with Crippen molar-refractivity contribution in [1.29, 1.82) is 0 Å². The van der Waals surface area contributed by atoms with Crippen LogP contribution in [0.2, 0.25) is 0 Å². The van der Waals surface area contributed by atoms with Crippen molar-refractivity contribution in [2.45, 2.75) is 43.2 Å². The van der Waals surface area contributed by atoms with Gasteiger partial charge in [0.2, 0.25) is 11.1 Å². The normalized spacial score (nSPS) is 15.2. The number of carbonyl (C=O) groups excluding carboxylic acids is 2. The summed E-state index contributed by atoms with van der Waals surface area (Å²) >= 11 is 2.47. The third-order valence-electron chi connectivity index (χ3n) is 4.18. The summed E-state index contributed by atoms with van der Waals surface area (Å²) in [4.78, 5) is 23.4. The summed E-state index contributed by atoms with van der Waals surface area (Å²) in [5, 5.41) is 13.7. The summed E-state index contributed by atoms with van der Waals surface area (Å²) in [6.45, 7) is 0. The molecule has 1 saturated carbocycles. The van der Waals surface area contributed by atoms with Crippen LogP contribution in [0.25, 0.3) is 0 Å². The Kier molecular flexibility index (Phi) is 5.59. The van der Waals surface area contributed by atoms with E-state index in [2.05, 4.69) is 15.5 Å². The second-order valence-electron chi connectivity index (χ2n) is 5.91. The van der Waals surface area contributed by atoms with Crippen LogP contribution in [0.3, 0.4) is 0 Å². The van der Waals surface area contributed by atoms with E-state index in [1.165, 1.54) is 47.0 Å². The van der Waals surface area contributed by atoms with Crippen molar-refractivity contribution in [3.63, 3.8) is 0 Å². The van der Waals surface area contributed by atoms with Gasteiger partial charge < -0.3 is 16.9 Å². The summed E-state index contributed by atoms with van der Waals surface area (Å²) in [7, 11) is 0. The van der Waals surface area contributed by atoms with E-state index in [1.807, 2.05) is 0 Å². The summed E-state index contributed by atoms with van der Waals surface area (Å²) in [6, 6.07) is 1.59. The number of rotatable bonds is 6. The Morgan fingerprint density at radius 3 is 2.80 bits per heavy atom. The molecular formula is C15H20N6O2S2. The maximum atomic E-state index is 12.1. The van der Waals surface area contributed by atoms with Gasteiger partial charge in [-0.1, -0.05) is 31.0 Å². The Morgan fingerprint density at radius 2 is 2.08 bits per heavy atom. The number of aromatic nitrogens is 3. The predicted octanol–water partition coefficient (Wildman–Crippen LogP) is 1.93. The van der Waals surface area contributed by atoms with Crippen molar-refractivity contribution in [3.05, 3.63) is 22.8 Å². The standard InChI is InChI=1S/C15H20N6O2S2/c16-12(23)10-6-7-24-14(10)18-11(22)8-25-15-20-19-13(21(15)17)9-4-2-1-3-5-9/h6-7,9H,1-5,8,17H2,(H2,16,23)(H,18,22). The zero-order valence-corrected chi connectivity index (χ0v) is 15.2. The Bertz CT molecular complexity index is 766. The lowest BCUT2D eigenvalue weighted by atomic mass is 9.89. The van der Waals surface area contributed by atoms with Gasteiger partial charge in [0, 0.05) is 5.92 Å². The van der Waals surface area contributed by atoms with Crippen LogP contribution in [-0.2, 0) is 4.79 Å². The van der Waals surface area contributed by atoms with Crippen LogP contribution >= 0.6 is 23.1 Å². The van der Waals surface area contributed by atoms with Crippen LogP contribution in [0.4, 0.5) is 5.00 Å². The average molecular weight is 380 g/mol. The highest BCUT2D eigenvalue weighted by molar-refractivity contribution is 7.99. The maximum Gasteiger partial charge on any atom is 0.251 e. The highest BCUT2D eigenvalue weighted by Gasteiger charge is 2.23. The van der Waals surface area contributed by atoms with Gasteiger partial charge in [-0.05, 0) is 24.3 Å². The molecule has 1 fully saturated rings. The number of nitrogens with zero attached hydrogens (tertiary/aromatic N) is 3. The van der Waals surface area contributed by atoms with Gasteiger partial charge in [-0.25, -0.2) is 4.68 Å². The molecule has 25 heavy (non-hydrogen) atoms. The van der Waals surface area contributed by atoms with E-state index in [1.54, 1.807) is 11.4 Å². The summed E-state index contributed by atoms with van der Waals surface area (Å²) in [5.41, 5.74) is 5.58. The quantitative estimate of drug-likeness (QED) is 0.519. The number of nitrogen functional groups attached to an aromatic ring is 1. The minimum absolute atomic E-state index is 0.121. The molecule has 5 N–H and O–H groups in total. The van der Waals surface area contributed by atoms with E-state index in [0.717, 1.165) is 18.7 Å². The molecule has 0 spiro atoms. The van der Waals surface area contributed by atoms with Gasteiger partial charge >= 0.3 is 0 Å². The number of thiophene rings is 1. The molecule has 0 atom stereocenters. The van der Waals surface area contributed by atoms with Gasteiger partial charge in [-0.3, -0.25) is 9.59 Å². The highest BCUT2D eigenvalue weighted by Crippen LogP contribution is 2.32. The molecule has 8 nitrogen and oxygen atoms in total. The molecule has 0 radical (unpaired) electrons. The largest absolute Gasteiger partial charge is 0.366 e. The van der Waals surface area contributed by atoms with Crippen molar-refractivity contribution in [1.82, 2.24) is 14.9 Å². The van der Waals surface area contributed by atoms with Crippen molar-refractivity contribution in [2.75, 3.05) is 16.9 Å². The lowest BCUT2D eigenvalue weighted by molar-refractivity contribution is -0.113. The van der Waals surface area contributed by atoms with Crippen LogP contribution < -0.4 is 16.9 Å².